The molecule has 0 aliphatic carbocycles. The van der Waals surface area contributed by atoms with E-state index in [1.54, 1.807) is 23.0 Å². The number of aryl methyl sites for hydroxylation is 1. The molecule has 19 heavy (non-hydrogen) atoms. The summed E-state index contributed by atoms with van der Waals surface area (Å²) in [4.78, 5) is 11.9. The van der Waals surface area contributed by atoms with Crippen molar-refractivity contribution in [2.24, 2.45) is 7.05 Å². The Bertz CT molecular complexity index is 546. The first-order chi connectivity index (χ1) is 9.20. The molecule has 0 radical (unpaired) electrons. The Hall–Kier alpha value is -2.37. The summed E-state index contributed by atoms with van der Waals surface area (Å²) in [5, 5.41) is 13.7. The van der Waals surface area contributed by atoms with Crippen molar-refractivity contribution in [3.63, 3.8) is 0 Å². The lowest BCUT2D eigenvalue weighted by atomic mass is 10.2. The molecule has 0 atom stereocenters. The molecule has 0 saturated heterocycles. The lowest BCUT2D eigenvalue weighted by molar-refractivity contribution is 0.0949. The van der Waals surface area contributed by atoms with Crippen LogP contribution in [0.1, 0.15) is 23.1 Å². The van der Waals surface area contributed by atoms with Crippen LogP contribution in [0.25, 0.3) is 0 Å². The zero-order chi connectivity index (χ0) is 13.7. The van der Waals surface area contributed by atoms with Gasteiger partial charge in [0.25, 0.3) is 5.91 Å². The highest BCUT2D eigenvalue weighted by molar-refractivity contribution is 5.94. The molecule has 6 heteroatoms. The Morgan fingerprint density at radius 3 is 2.63 bits per heavy atom. The van der Waals surface area contributed by atoms with E-state index in [4.69, 9.17) is 0 Å². The molecule has 1 amide bonds. The molecule has 0 bridgehead atoms. The van der Waals surface area contributed by atoms with Crippen molar-refractivity contribution in [3.8, 4) is 0 Å². The maximum absolute atomic E-state index is 11.9. The monoisotopic (exact) mass is 259 g/mol. The van der Waals surface area contributed by atoms with E-state index in [1.165, 1.54) is 0 Å². The summed E-state index contributed by atoms with van der Waals surface area (Å²) in [7, 11) is 1.84. The number of amides is 1. The van der Waals surface area contributed by atoms with Crippen LogP contribution in [0.15, 0.2) is 30.6 Å². The zero-order valence-electron chi connectivity index (χ0n) is 11.1. The first kappa shape index (κ1) is 13.1. The van der Waals surface area contributed by atoms with E-state index in [0.29, 0.717) is 12.1 Å². The van der Waals surface area contributed by atoms with E-state index < -0.39 is 0 Å². The highest BCUT2D eigenvalue weighted by Gasteiger charge is 2.07. The fourth-order valence-corrected chi connectivity index (χ4v) is 1.67. The number of carbonyl (C=O) groups excluding carboxylic acids is 1. The van der Waals surface area contributed by atoms with Gasteiger partial charge in [-0.15, -0.1) is 10.2 Å². The summed E-state index contributed by atoms with van der Waals surface area (Å²) in [5.74, 6) is 0.601. The molecule has 2 rings (SSSR count). The van der Waals surface area contributed by atoms with Gasteiger partial charge < -0.3 is 15.2 Å². The molecular formula is C13H17N5O. The minimum atomic E-state index is -0.119. The molecule has 1 aromatic carbocycles. The molecule has 1 aromatic heterocycles. The minimum Gasteiger partial charge on any atom is -0.385 e. The summed E-state index contributed by atoms with van der Waals surface area (Å²) in [6.07, 6.45) is 1.60. The first-order valence-electron chi connectivity index (χ1n) is 6.15. The average molecular weight is 259 g/mol. The summed E-state index contributed by atoms with van der Waals surface area (Å²) >= 11 is 0. The maximum Gasteiger partial charge on any atom is 0.251 e. The normalized spacial score (nSPS) is 10.2. The second kappa shape index (κ2) is 5.99. The number of nitrogens with one attached hydrogen (secondary N) is 2. The molecule has 1 heterocycles. The van der Waals surface area contributed by atoms with E-state index in [9.17, 15) is 4.79 Å². The molecular weight excluding hydrogens is 242 g/mol. The number of anilines is 1. The van der Waals surface area contributed by atoms with Crippen LogP contribution in [0, 0.1) is 0 Å². The second-order valence-electron chi connectivity index (χ2n) is 4.15. The topological polar surface area (TPSA) is 71.8 Å². The van der Waals surface area contributed by atoms with Gasteiger partial charge in [0.1, 0.15) is 6.33 Å². The quantitative estimate of drug-likeness (QED) is 0.845. The zero-order valence-corrected chi connectivity index (χ0v) is 11.1. The van der Waals surface area contributed by atoms with Gasteiger partial charge in [0.05, 0.1) is 6.54 Å². The Morgan fingerprint density at radius 2 is 2.05 bits per heavy atom. The number of aromatic nitrogens is 3. The van der Waals surface area contributed by atoms with Gasteiger partial charge in [0, 0.05) is 24.8 Å². The van der Waals surface area contributed by atoms with E-state index in [2.05, 4.69) is 20.8 Å². The third-order valence-electron chi connectivity index (χ3n) is 2.74. The third kappa shape index (κ3) is 3.31. The van der Waals surface area contributed by atoms with Crippen molar-refractivity contribution in [3.05, 3.63) is 42.0 Å². The largest absolute Gasteiger partial charge is 0.385 e. The highest BCUT2D eigenvalue weighted by atomic mass is 16.1. The van der Waals surface area contributed by atoms with Crippen LogP contribution >= 0.6 is 0 Å². The van der Waals surface area contributed by atoms with Gasteiger partial charge in [-0.1, -0.05) is 0 Å². The number of rotatable bonds is 5. The van der Waals surface area contributed by atoms with Gasteiger partial charge in [-0.3, -0.25) is 4.79 Å². The number of nitrogens with zero attached hydrogens (tertiary/aromatic N) is 3. The van der Waals surface area contributed by atoms with Crippen molar-refractivity contribution < 1.29 is 4.79 Å². The Balaban J connectivity index is 1.94. The van der Waals surface area contributed by atoms with Crippen LogP contribution in [0.4, 0.5) is 5.69 Å². The SMILES string of the molecule is CCNc1ccc(C(=O)NCc2nncn2C)cc1. The molecule has 2 N–H and O–H groups in total. The van der Waals surface area contributed by atoms with E-state index >= 15 is 0 Å². The van der Waals surface area contributed by atoms with Gasteiger partial charge in [0.15, 0.2) is 5.82 Å². The van der Waals surface area contributed by atoms with Crippen molar-refractivity contribution in [1.29, 1.82) is 0 Å². The molecule has 6 nitrogen and oxygen atoms in total. The third-order valence-corrected chi connectivity index (χ3v) is 2.74. The predicted octanol–water partition coefficient (Wildman–Crippen LogP) is 1.18. The van der Waals surface area contributed by atoms with Crippen LogP contribution in [0.2, 0.25) is 0 Å². The van der Waals surface area contributed by atoms with Gasteiger partial charge in [-0.05, 0) is 31.2 Å². The van der Waals surface area contributed by atoms with E-state index in [1.807, 2.05) is 26.1 Å². The van der Waals surface area contributed by atoms with Gasteiger partial charge >= 0.3 is 0 Å². The van der Waals surface area contributed by atoms with Gasteiger partial charge in [-0.2, -0.15) is 0 Å². The summed E-state index contributed by atoms with van der Waals surface area (Å²) < 4.78 is 1.77. The maximum atomic E-state index is 11.9. The first-order valence-corrected chi connectivity index (χ1v) is 6.15. The molecule has 100 valence electrons. The molecule has 0 aliphatic rings. The van der Waals surface area contributed by atoms with Crippen LogP contribution in [-0.2, 0) is 13.6 Å². The molecule has 0 fully saturated rings. The number of carbonyl (C=O) groups is 1. The van der Waals surface area contributed by atoms with Crippen LogP contribution in [-0.4, -0.2) is 27.2 Å². The summed E-state index contributed by atoms with van der Waals surface area (Å²) in [5.41, 5.74) is 1.64. The lowest BCUT2D eigenvalue weighted by Gasteiger charge is -2.06. The Morgan fingerprint density at radius 1 is 1.32 bits per heavy atom. The molecule has 0 spiro atoms. The molecule has 0 saturated carbocycles. The number of hydrogen-bond acceptors (Lipinski definition) is 4. The lowest BCUT2D eigenvalue weighted by Crippen LogP contribution is -2.24. The van der Waals surface area contributed by atoms with Crippen molar-refractivity contribution in [1.82, 2.24) is 20.1 Å². The number of benzene rings is 1. The van der Waals surface area contributed by atoms with Crippen LogP contribution in [0.3, 0.4) is 0 Å². The summed E-state index contributed by atoms with van der Waals surface area (Å²) in [6, 6.07) is 7.37. The van der Waals surface area contributed by atoms with E-state index in [0.717, 1.165) is 18.1 Å². The average Bonchev–Trinajstić information content (AvgIpc) is 2.83. The van der Waals surface area contributed by atoms with Crippen LogP contribution < -0.4 is 10.6 Å². The molecule has 2 aromatic rings. The van der Waals surface area contributed by atoms with Crippen molar-refractivity contribution in [2.75, 3.05) is 11.9 Å². The van der Waals surface area contributed by atoms with E-state index in [-0.39, 0.29) is 5.91 Å². The highest BCUT2D eigenvalue weighted by Crippen LogP contribution is 2.09. The predicted molar refractivity (Wildman–Crippen MR) is 72.8 cm³/mol. The fraction of sp³-hybridized carbons (Fsp3) is 0.308. The van der Waals surface area contributed by atoms with Crippen molar-refractivity contribution >= 4 is 11.6 Å². The Kier molecular flexibility index (Phi) is 4.12. The molecule has 0 aliphatic heterocycles. The van der Waals surface area contributed by atoms with Gasteiger partial charge in [0.2, 0.25) is 0 Å². The van der Waals surface area contributed by atoms with Gasteiger partial charge in [-0.25, -0.2) is 0 Å². The fourth-order valence-electron chi connectivity index (χ4n) is 1.67. The smallest absolute Gasteiger partial charge is 0.251 e. The second-order valence-corrected chi connectivity index (χ2v) is 4.15. The Labute approximate surface area is 111 Å². The van der Waals surface area contributed by atoms with Crippen LogP contribution in [0.5, 0.6) is 0 Å². The standard InChI is InChI=1S/C13H17N5O/c1-3-14-11-6-4-10(5-7-11)13(19)15-8-12-17-16-9-18(12)2/h4-7,9,14H,3,8H2,1-2H3,(H,15,19). The van der Waals surface area contributed by atoms with Crippen molar-refractivity contribution in [2.45, 2.75) is 13.5 Å². The molecule has 0 unspecified atom stereocenters. The minimum absolute atomic E-state index is 0.119. The summed E-state index contributed by atoms with van der Waals surface area (Å²) in [6.45, 7) is 3.25. The number of hydrogen-bond donors (Lipinski definition) is 2.